The van der Waals surface area contributed by atoms with Gasteiger partial charge in [0.15, 0.2) is 0 Å². The number of thioether (sulfide) groups is 1. The van der Waals surface area contributed by atoms with Crippen LogP contribution in [0.1, 0.15) is 36.1 Å². The first kappa shape index (κ1) is 15.2. The molecule has 1 atom stereocenters. The molecule has 1 aliphatic rings. The Morgan fingerprint density at radius 2 is 2.20 bits per heavy atom. The van der Waals surface area contributed by atoms with Crippen LogP contribution in [-0.4, -0.2) is 36.3 Å². The van der Waals surface area contributed by atoms with Crippen molar-refractivity contribution in [2.24, 2.45) is 0 Å². The molecular formula is C16H24N2OS. The second-order valence-electron chi connectivity index (χ2n) is 5.22. The number of benzene rings is 1. The summed E-state index contributed by atoms with van der Waals surface area (Å²) in [5, 5.41) is 3.49. The van der Waals surface area contributed by atoms with Crippen LogP contribution >= 0.6 is 11.8 Å². The fraction of sp³-hybridized carbons (Fsp3) is 0.562. The van der Waals surface area contributed by atoms with Gasteiger partial charge >= 0.3 is 6.03 Å². The molecule has 1 saturated heterocycles. The molecule has 1 fully saturated rings. The molecule has 1 heterocycles. The van der Waals surface area contributed by atoms with Crippen molar-refractivity contribution in [1.82, 2.24) is 10.2 Å². The average Bonchev–Trinajstić information content (AvgIpc) is 2.71. The van der Waals surface area contributed by atoms with E-state index in [0.717, 1.165) is 38.2 Å². The van der Waals surface area contributed by atoms with E-state index in [-0.39, 0.29) is 6.03 Å². The van der Waals surface area contributed by atoms with Gasteiger partial charge in [-0.2, -0.15) is 11.8 Å². The first-order valence-electron chi connectivity index (χ1n) is 7.42. The molecule has 2 rings (SSSR count). The van der Waals surface area contributed by atoms with Crippen LogP contribution in [0.25, 0.3) is 0 Å². The third kappa shape index (κ3) is 3.92. The summed E-state index contributed by atoms with van der Waals surface area (Å²) in [5.41, 5.74) is 2.78. The number of nitrogens with zero attached hydrogens (tertiary/aromatic N) is 1. The molecule has 0 spiro atoms. The molecule has 4 heteroatoms. The lowest BCUT2D eigenvalue weighted by molar-refractivity contribution is 0.201. The summed E-state index contributed by atoms with van der Waals surface area (Å²) in [6, 6.07) is 8.69. The second-order valence-corrected chi connectivity index (χ2v) is 6.53. The van der Waals surface area contributed by atoms with Crippen molar-refractivity contribution in [3.05, 3.63) is 35.4 Å². The lowest BCUT2D eigenvalue weighted by Crippen LogP contribution is -2.41. The van der Waals surface area contributed by atoms with Crippen molar-refractivity contribution >= 4 is 17.8 Å². The number of carbonyl (C=O) groups excluding carboxylic acids is 1. The molecular weight excluding hydrogens is 268 g/mol. The Balaban J connectivity index is 1.95. The Hall–Kier alpha value is -1.16. The van der Waals surface area contributed by atoms with Crippen molar-refractivity contribution in [3.8, 4) is 0 Å². The van der Waals surface area contributed by atoms with E-state index < -0.39 is 0 Å². The molecule has 3 nitrogen and oxygen atoms in total. The number of amides is 2. The fourth-order valence-corrected chi connectivity index (χ4v) is 3.84. The Kier molecular flexibility index (Phi) is 5.77. The lowest BCUT2D eigenvalue weighted by atomic mass is 10.0. The minimum atomic E-state index is 0.0953. The molecule has 0 bridgehead atoms. The summed E-state index contributed by atoms with van der Waals surface area (Å²) < 4.78 is 0. The zero-order valence-electron chi connectivity index (χ0n) is 12.4. The van der Waals surface area contributed by atoms with Crippen molar-refractivity contribution in [2.75, 3.05) is 25.4 Å². The predicted octanol–water partition coefficient (Wildman–Crippen LogP) is 3.59. The van der Waals surface area contributed by atoms with Gasteiger partial charge in [-0.3, -0.25) is 0 Å². The maximum absolute atomic E-state index is 12.0. The Morgan fingerprint density at radius 1 is 1.40 bits per heavy atom. The van der Waals surface area contributed by atoms with Crippen LogP contribution in [0.5, 0.6) is 0 Å². The quantitative estimate of drug-likeness (QED) is 0.923. The van der Waals surface area contributed by atoms with Gasteiger partial charge in [0.25, 0.3) is 0 Å². The number of carbonyl (C=O) groups is 1. The summed E-state index contributed by atoms with van der Waals surface area (Å²) in [7, 11) is 0. The summed E-state index contributed by atoms with van der Waals surface area (Å²) in [6.07, 6.45) is 2.02. The predicted molar refractivity (Wildman–Crippen MR) is 86.3 cm³/mol. The van der Waals surface area contributed by atoms with Gasteiger partial charge in [-0.1, -0.05) is 31.2 Å². The van der Waals surface area contributed by atoms with E-state index in [9.17, 15) is 4.79 Å². The van der Waals surface area contributed by atoms with E-state index in [1.807, 2.05) is 16.7 Å². The van der Waals surface area contributed by atoms with E-state index in [1.165, 1.54) is 11.1 Å². The normalized spacial score (nSPS) is 19.5. The SMILES string of the molecule is CCCNC(=O)N1CCSC(c2ccccc2C)CC1. The van der Waals surface area contributed by atoms with Crippen LogP contribution in [0.3, 0.4) is 0 Å². The summed E-state index contributed by atoms with van der Waals surface area (Å²) in [5.74, 6) is 1.01. The Bertz CT molecular complexity index is 450. The molecule has 0 aliphatic carbocycles. The summed E-state index contributed by atoms with van der Waals surface area (Å²) in [4.78, 5) is 14.0. The van der Waals surface area contributed by atoms with Gasteiger partial charge in [-0.25, -0.2) is 4.79 Å². The van der Waals surface area contributed by atoms with Gasteiger partial charge in [0.2, 0.25) is 0 Å². The highest BCUT2D eigenvalue weighted by Crippen LogP contribution is 2.35. The van der Waals surface area contributed by atoms with Gasteiger partial charge in [0, 0.05) is 30.6 Å². The van der Waals surface area contributed by atoms with Crippen LogP contribution in [-0.2, 0) is 0 Å². The molecule has 1 unspecified atom stereocenters. The largest absolute Gasteiger partial charge is 0.338 e. The number of urea groups is 1. The smallest absolute Gasteiger partial charge is 0.317 e. The number of rotatable bonds is 3. The van der Waals surface area contributed by atoms with Gasteiger partial charge in [-0.15, -0.1) is 0 Å². The molecule has 1 aliphatic heterocycles. The molecule has 0 radical (unpaired) electrons. The monoisotopic (exact) mass is 292 g/mol. The van der Waals surface area contributed by atoms with Gasteiger partial charge in [-0.05, 0) is 30.9 Å². The van der Waals surface area contributed by atoms with Gasteiger partial charge < -0.3 is 10.2 Å². The average molecular weight is 292 g/mol. The minimum Gasteiger partial charge on any atom is -0.338 e. The second kappa shape index (κ2) is 7.58. The fourth-order valence-electron chi connectivity index (χ4n) is 2.51. The van der Waals surface area contributed by atoms with Crippen LogP contribution in [0.2, 0.25) is 0 Å². The van der Waals surface area contributed by atoms with Crippen molar-refractivity contribution in [1.29, 1.82) is 0 Å². The summed E-state index contributed by atoms with van der Waals surface area (Å²) >= 11 is 1.97. The molecule has 1 aromatic carbocycles. The van der Waals surface area contributed by atoms with E-state index in [2.05, 4.69) is 43.4 Å². The molecule has 2 amide bonds. The van der Waals surface area contributed by atoms with Crippen molar-refractivity contribution in [2.45, 2.75) is 31.9 Å². The highest BCUT2D eigenvalue weighted by Gasteiger charge is 2.22. The molecule has 1 N–H and O–H groups in total. The topological polar surface area (TPSA) is 32.3 Å². The first-order valence-corrected chi connectivity index (χ1v) is 8.47. The van der Waals surface area contributed by atoms with E-state index in [0.29, 0.717) is 5.25 Å². The van der Waals surface area contributed by atoms with Crippen molar-refractivity contribution < 1.29 is 4.79 Å². The van der Waals surface area contributed by atoms with E-state index >= 15 is 0 Å². The zero-order valence-corrected chi connectivity index (χ0v) is 13.2. The third-order valence-corrected chi connectivity index (χ3v) is 5.00. The standard InChI is InChI=1S/C16H24N2OS/c1-3-9-17-16(19)18-10-8-15(20-12-11-18)14-7-5-4-6-13(14)2/h4-7,15H,3,8-12H2,1-2H3,(H,17,19). The van der Waals surface area contributed by atoms with E-state index in [4.69, 9.17) is 0 Å². The Morgan fingerprint density at radius 3 is 2.95 bits per heavy atom. The van der Waals surface area contributed by atoms with Gasteiger partial charge in [0.1, 0.15) is 0 Å². The molecule has 0 aromatic heterocycles. The van der Waals surface area contributed by atoms with Crippen LogP contribution in [0, 0.1) is 6.92 Å². The number of hydrogen-bond donors (Lipinski definition) is 1. The molecule has 20 heavy (non-hydrogen) atoms. The maximum atomic E-state index is 12.0. The summed E-state index contributed by atoms with van der Waals surface area (Å²) in [6.45, 7) is 6.72. The lowest BCUT2D eigenvalue weighted by Gasteiger charge is -2.21. The molecule has 110 valence electrons. The van der Waals surface area contributed by atoms with E-state index in [1.54, 1.807) is 0 Å². The molecule has 1 aromatic rings. The zero-order chi connectivity index (χ0) is 14.4. The van der Waals surface area contributed by atoms with Crippen LogP contribution < -0.4 is 5.32 Å². The molecule has 0 saturated carbocycles. The number of hydrogen-bond acceptors (Lipinski definition) is 2. The highest BCUT2D eigenvalue weighted by molar-refractivity contribution is 7.99. The minimum absolute atomic E-state index is 0.0953. The Labute approximate surface area is 126 Å². The highest BCUT2D eigenvalue weighted by atomic mass is 32.2. The maximum Gasteiger partial charge on any atom is 0.317 e. The first-order chi connectivity index (χ1) is 9.72. The van der Waals surface area contributed by atoms with Crippen molar-refractivity contribution in [3.63, 3.8) is 0 Å². The van der Waals surface area contributed by atoms with Crippen LogP contribution in [0.4, 0.5) is 4.79 Å². The van der Waals surface area contributed by atoms with Gasteiger partial charge in [0.05, 0.1) is 0 Å². The number of nitrogens with one attached hydrogen (secondary N) is 1. The van der Waals surface area contributed by atoms with Crippen LogP contribution in [0.15, 0.2) is 24.3 Å². The third-order valence-electron chi connectivity index (χ3n) is 3.69. The number of aryl methyl sites for hydroxylation is 1.